The van der Waals surface area contributed by atoms with Crippen LogP contribution in [0, 0.1) is 0 Å². The van der Waals surface area contributed by atoms with E-state index in [0.717, 1.165) is 43.4 Å². The molecular weight excluding hydrogens is 442 g/mol. The average Bonchev–Trinajstić information content (AvgIpc) is 3.16. The molecule has 0 aliphatic rings. The second-order valence-corrected chi connectivity index (χ2v) is 7.80. The highest BCUT2D eigenvalue weighted by Gasteiger charge is 2.15. The van der Waals surface area contributed by atoms with Crippen LogP contribution < -0.4 is 10.1 Å². The zero-order valence-electron chi connectivity index (χ0n) is 16.6. The number of halogens is 1. The van der Waals surface area contributed by atoms with Crippen LogP contribution in [0.2, 0.25) is 0 Å². The van der Waals surface area contributed by atoms with Gasteiger partial charge in [0.1, 0.15) is 11.3 Å². The van der Waals surface area contributed by atoms with Crippen LogP contribution in [0.1, 0.15) is 12.5 Å². The summed E-state index contributed by atoms with van der Waals surface area (Å²) in [6, 6.07) is 21.3. The van der Waals surface area contributed by atoms with Crippen LogP contribution in [0.25, 0.3) is 27.7 Å². The molecule has 0 fully saturated rings. The Hall–Kier alpha value is -3.31. The molecule has 1 N–H and O–H groups in total. The highest BCUT2D eigenvalue weighted by Crippen LogP contribution is 2.37. The lowest BCUT2D eigenvalue weighted by atomic mass is 9.99. The predicted octanol–water partition coefficient (Wildman–Crippen LogP) is 6.91. The van der Waals surface area contributed by atoms with Gasteiger partial charge in [0.05, 0.1) is 13.4 Å². The van der Waals surface area contributed by atoms with E-state index in [1.165, 1.54) is 0 Å². The Morgan fingerprint density at radius 3 is 2.50 bits per heavy atom. The van der Waals surface area contributed by atoms with Crippen LogP contribution in [0.3, 0.4) is 0 Å². The highest BCUT2D eigenvalue weighted by molar-refractivity contribution is 9.10. The lowest BCUT2D eigenvalue weighted by Crippen LogP contribution is -2.08. The van der Waals surface area contributed by atoms with Crippen LogP contribution in [0.15, 0.2) is 88.0 Å². The molecule has 0 saturated heterocycles. The van der Waals surface area contributed by atoms with Gasteiger partial charge in [-0.2, -0.15) is 0 Å². The van der Waals surface area contributed by atoms with Crippen LogP contribution in [0.4, 0.5) is 5.69 Å². The average molecular weight is 462 g/mol. The number of rotatable bonds is 5. The number of carbonyl (C=O) groups excluding carboxylic acids is 1. The standard InChI is InChI=1S/C25H20BrNO3/c1-16(12-25(28)27-19-6-4-3-5-7-19)20-13-21-22(17-8-10-18(26)11-9-17)15-30-24(21)14-23(20)29-2/h3-15H,1-2H3,(H,27,28)/b16-12+. The van der Waals surface area contributed by atoms with Crippen molar-refractivity contribution in [1.82, 2.24) is 0 Å². The van der Waals surface area contributed by atoms with E-state index in [-0.39, 0.29) is 5.91 Å². The van der Waals surface area contributed by atoms with Crippen molar-refractivity contribution in [1.29, 1.82) is 0 Å². The SMILES string of the molecule is COc1cc2occ(-c3ccc(Br)cc3)c2cc1/C(C)=C/C(=O)Nc1ccccc1. The number of furan rings is 1. The zero-order valence-corrected chi connectivity index (χ0v) is 18.2. The number of methoxy groups -OCH3 is 1. The molecule has 4 aromatic rings. The van der Waals surface area contributed by atoms with Crippen molar-refractivity contribution in [3.63, 3.8) is 0 Å². The third-order valence-electron chi connectivity index (χ3n) is 4.86. The van der Waals surface area contributed by atoms with Gasteiger partial charge in [0.2, 0.25) is 5.91 Å². The molecule has 4 nitrogen and oxygen atoms in total. The molecule has 30 heavy (non-hydrogen) atoms. The van der Waals surface area contributed by atoms with E-state index in [2.05, 4.69) is 21.2 Å². The van der Waals surface area contributed by atoms with Crippen molar-refractivity contribution in [2.75, 3.05) is 12.4 Å². The van der Waals surface area contributed by atoms with Crippen molar-refractivity contribution >= 4 is 44.1 Å². The van der Waals surface area contributed by atoms with E-state index in [0.29, 0.717) is 5.75 Å². The molecule has 0 bridgehead atoms. The number of nitrogens with one attached hydrogen (secondary N) is 1. The van der Waals surface area contributed by atoms with Gasteiger partial charge in [-0.25, -0.2) is 0 Å². The van der Waals surface area contributed by atoms with Gasteiger partial charge in [0.15, 0.2) is 0 Å². The number of carbonyl (C=O) groups is 1. The maximum Gasteiger partial charge on any atom is 0.248 e. The molecule has 0 unspecified atom stereocenters. The Bertz CT molecular complexity index is 1220. The Kier molecular flexibility index (Phi) is 5.72. The number of amides is 1. The van der Waals surface area contributed by atoms with Gasteiger partial charge in [0, 0.05) is 38.8 Å². The molecule has 0 saturated carbocycles. The molecule has 150 valence electrons. The smallest absolute Gasteiger partial charge is 0.248 e. The Morgan fingerprint density at radius 1 is 1.07 bits per heavy atom. The van der Waals surface area contributed by atoms with E-state index in [9.17, 15) is 4.79 Å². The zero-order chi connectivity index (χ0) is 21.1. The summed E-state index contributed by atoms with van der Waals surface area (Å²) in [5.41, 5.74) is 5.16. The summed E-state index contributed by atoms with van der Waals surface area (Å²) >= 11 is 3.47. The van der Waals surface area contributed by atoms with Crippen LogP contribution in [-0.4, -0.2) is 13.0 Å². The number of fused-ring (bicyclic) bond motifs is 1. The van der Waals surface area contributed by atoms with Crippen molar-refractivity contribution < 1.29 is 13.9 Å². The van der Waals surface area contributed by atoms with E-state index in [1.54, 1.807) is 19.4 Å². The van der Waals surface area contributed by atoms with Gasteiger partial charge in [-0.1, -0.05) is 46.3 Å². The van der Waals surface area contributed by atoms with Gasteiger partial charge in [-0.05, 0) is 48.4 Å². The third kappa shape index (κ3) is 4.16. The van der Waals surface area contributed by atoms with Crippen molar-refractivity contribution in [2.24, 2.45) is 0 Å². The second kappa shape index (κ2) is 8.59. The number of benzene rings is 3. The minimum atomic E-state index is -0.193. The first-order valence-corrected chi connectivity index (χ1v) is 10.2. The number of hydrogen-bond donors (Lipinski definition) is 1. The van der Waals surface area contributed by atoms with Gasteiger partial charge in [-0.3, -0.25) is 4.79 Å². The molecule has 0 aliphatic carbocycles. The normalized spacial score (nSPS) is 11.5. The Balaban J connectivity index is 1.72. The molecular formula is C25H20BrNO3. The van der Waals surface area contributed by atoms with Crippen molar-refractivity contribution in [2.45, 2.75) is 6.92 Å². The number of anilines is 1. The molecule has 1 heterocycles. The fourth-order valence-corrected chi connectivity index (χ4v) is 3.62. The fourth-order valence-electron chi connectivity index (χ4n) is 3.36. The second-order valence-electron chi connectivity index (χ2n) is 6.89. The molecule has 5 heteroatoms. The maximum atomic E-state index is 12.5. The van der Waals surface area contributed by atoms with Gasteiger partial charge in [0.25, 0.3) is 0 Å². The summed E-state index contributed by atoms with van der Waals surface area (Å²) in [5, 5.41) is 3.84. The topological polar surface area (TPSA) is 51.5 Å². The molecule has 1 amide bonds. The molecule has 1 aromatic heterocycles. The number of allylic oxidation sites excluding steroid dienone is 1. The summed E-state index contributed by atoms with van der Waals surface area (Å²) in [6.45, 7) is 1.90. The molecule has 0 spiro atoms. The molecule has 0 radical (unpaired) electrons. The minimum absolute atomic E-state index is 0.193. The summed E-state index contributed by atoms with van der Waals surface area (Å²) in [7, 11) is 1.61. The number of ether oxygens (including phenoxy) is 1. The molecule has 4 rings (SSSR count). The molecule has 0 atom stereocenters. The quantitative estimate of drug-likeness (QED) is 0.328. The summed E-state index contributed by atoms with van der Waals surface area (Å²) in [5.74, 6) is 0.460. The van der Waals surface area contributed by atoms with Crippen molar-refractivity contribution in [3.05, 3.63) is 89.1 Å². The first-order chi connectivity index (χ1) is 14.5. The summed E-state index contributed by atoms with van der Waals surface area (Å²) < 4.78 is 12.4. The molecule has 3 aromatic carbocycles. The van der Waals surface area contributed by atoms with E-state index in [1.807, 2.05) is 73.7 Å². The number of para-hydroxylation sites is 1. The summed E-state index contributed by atoms with van der Waals surface area (Å²) in [6.07, 6.45) is 3.33. The van der Waals surface area contributed by atoms with E-state index in [4.69, 9.17) is 9.15 Å². The third-order valence-corrected chi connectivity index (χ3v) is 5.39. The fraction of sp³-hybridized carbons (Fsp3) is 0.0800. The monoisotopic (exact) mass is 461 g/mol. The number of hydrogen-bond acceptors (Lipinski definition) is 3. The maximum absolute atomic E-state index is 12.5. The van der Waals surface area contributed by atoms with E-state index < -0.39 is 0 Å². The van der Waals surface area contributed by atoms with E-state index >= 15 is 0 Å². The van der Waals surface area contributed by atoms with Crippen molar-refractivity contribution in [3.8, 4) is 16.9 Å². The first kappa shape index (κ1) is 20.0. The molecule has 0 aliphatic heterocycles. The predicted molar refractivity (Wildman–Crippen MR) is 125 cm³/mol. The van der Waals surface area contributed by atoms with Gasteiger partial charge < -0.3 is 14.5 Å². The Labute approximate surface area is 183 Å². The van der Waals surface area contributed by atoms with Gasteiger partial charge >= 0.3 is 0 Å². The Morgan fingerprint density at radius 2 is 1.80 bits per heavy atom. The van der Waals surface area contributed by atoms with Crippen LogP contribution in [-0.2, 0) is 4.79 Å². The lowest BCUT2D eigenvalue weighted by Gasteiger charge is -2.10. The van der Waals surface area contributed by atoms with Crippen LogP contribution in [0.5, 0.6) is 5.75 Å². The lowest BCUT2D eigenvalue weighted by molar-refractivity contribution is -0.111. The minimum Gasteiger partial charge on any atom is -0.496 e. The summed E-state index contributed by atoms with van der Waals surface area (Å²) in [4.78, 5) is 12.5. The van der Waals surface area contributed by atoms with Crippen LogP contribution >= 0.6 is 15.9 Å². The largest absolute Gasteiger partial charge is 0.496 e. The highest BCUT2D eigenvalue weighted by atomic mass is 79.9. The van der Waals surface area contributed by atoms with Gasteiger partial charge in [-0.15, -0.1) is 0 Å². The first-order valence-electron chi connectivity index (χ1n) is 9.45.